The van der Waals surface area contributed by atoms with E-state index in [2.05, 4.69) is 10.4 Å². The van der Waals surface area contributed by atoms with E-state index in [1.165, 1.54) is 21.8 Å². The minimum atomic E-state index is -4.23. The second-order valence-corrected chi connectivity index (χ2v) is 9.38. The molecule has 5 rings (SSSR count). The van der Waals surface area contributed by atoms with Gasteiger partial charge in [-0.1, -0.05) is 18.2 Å². The summed E-state index contributed by atoms with van der Waals surface area (Å²) in [4.78, 5) is 28.0. The summed E-state index contributed by atoms with van der Waals surface area (Å²) in [6, 6.07) is 14.7. The molecule has 0 bridgehead atoms. The van der Waals surface area contributed by atoms with Crippen LogP contribution in [0, 0.1) is 16.7 Å². The van der Waals surface area contributed by atoms with Gasteiger partial charge >= 0.3 is 6.18 Å². The zero-order chi connectivity index (χ0) is 25.7. The molecule has 2 aliphatic rings. The predicted molar refractivity (Wildman–Crippen MR) is 125 cm³/mol. The maximum absolute atomic E-state index is 13.5. The molecule has 0 radical (unpaired) electrons. The second kappa shape index (κ2) is 8.52. The number of rotatable bonds is 5. The van der Waals surface area contributed by atoms with Crippen molar-refractivity contribution in [2.75, 3.05) is 10.2 Å². The van der Waals surface area contributed by atoms with Crippen LogP contribution < -0.4 is 10.2 Å². The van der Waals surface area contributed by atoms with Gasteiger partial charge in [0.15, 0.2) is 0 Å². The van der Waals surface area contributed by atoms with E-state index in [0.717, 1.165) is 0 Å². The largest absolute Gasteiger partial charge is 0.394 e. The number of anilines is 2. The van der Waals surface area contributed by atoms with Crippen molar-refractivity contribution in [3.63, 3.8) is 0 Å². The molecule has 3 aromatic rings. The summed E-state index contributed by atoms with van der Waals surface area (Å²) < 4.78 is 41.5. The quantitative estimate of drug-likeness (QED) is 0.545. The van der Waals surface area contributed by atoms with Crippen molar-refractivity contribution in [2.45, 2.75) is 44.9 Å². The number of nitriles is 1. The molecule has 0 unspecified atom stereocenters. The minimum Gasteiger partial charge on any atom is -0.322 e. The molecule has 10 heteroatoms. The van der Waals surface area contributed by atoms with E-state index in [9.17, 15) is 22.8 Å². The van der Waals surface area contributed by atoms with Gasteiger partial charge in [0.1, 0.15) is 5.69 Å². The predicted octanol–water partition coefficient (Wildman–Crippen LogP) is 4.94. The standard InChI is InChI=1S/C26H22F3N5O2/c1-16-15-33-22(21(14-31-33)23(35)32-19-4-2-3-18(11-19)13-30)24(36)34(16)20-7-5-17(6-8-20)12-25(9-10-25)26(27,28)29/h2-8,11,14,16H,9-10,12,15H2,1H3,(H,32,35)/t16-/m0/s1. The molecule has 1 saturated carbocycles. The van der Waals surface area contributed by atoms with Crippen LogP contribution in [0.3, 0.4) is 0 Å². The van der Waals surface area contributed by atoms with Crippen LogP contribution in [0.2, 0.25) is 0 Å². The minimum absolute atomic E-state index is 0.0790. The zero-order valence-corrected chi connectivity index (χ0v) is 19.3. The Hall–Kier alpha value is -4.13. The van der Waals surface area contributed by atoms with Crippen LogP contribution in [0.15, 0.2) is 54.7 Å². The summed E-state index contributed by atoms with van der Waals surface area (Å²) in [6.07, 6.45) is -2.70. The molecule has 0 spiro atoms. The number of amides is 2. The number of alkyl halides is 3. The SMILES string of the molecule is C[C@H]1Cn2ncc(C(=O)Nc3cccc(C#N)c3)c2C(=O)N1c1ccc(CC2(C(F)(F)F)CC2)cc1. The summed E-state index contributed by atoms with van der Waals surface area (Å²) in [7, 11) is 0. The highest BCUT2D eigenvalue weighted by molar-refractivity contribution is 6.15. The van der Waals surface area contributed by atoms with Crippen LogP contribution in [-0.4, -0.2) is 33.8 Å². The fourth-order valence-electron chi connectivity index (χ4n) is 4.67. The molecule has 1 aliphatic heterocycles. The summed E-state index contributed by atoms with van der Waals surface area (Å²) in [5, 5.41) is 16.0. The van der Waals surface area contributed by atoms with E-state index in [1.54, 1.807) is 42.5 Å². The Kier molecular flexibility index (Phi) is 5.58. The molecule has 2 aromatic carbocycles. The molecule has 1 aromatic heterocycles. The second-order valence-electron chi connectivity index (χ2n) is 9.38. The highest BCUT2D eigenvalue weighted by Crippen LogP contribution is 2.59. The number of benzene rings is 2. The van der Waals surface area contributed by atoms with Gasteiger partial charge in [-0.15, -0.1) is 0 Å². The smallest absolute Gasteiger partial charge is 0.322 e. The fraction of sp³-hybridized carbons (Fsp3) is 0.308. The summed E-state index contributed by atoms with van der Waals surface area (Å²) in [6.45, 7) is 2.18. The molecule has 1 atom stereocenters. The monoisotopic (exact) mass is 493 g/mol. The Labute approximate surface area is 205 Å². The molecular formula is C26H22F3N5O2. The van der Waals surface area contributed by atoms with Crippen molar-refractivity contribution in [3.8, 4) is 6.07 Å². The number of fused-ring (bicyclic) bond motifs is 1. The highest BCUT2D eigenvalue weighted by atomic mass is 19.4. The van der Waals surface area contributed by atoms with Gasteiger partial charge in [-0.05, 0) is 62.1 Å². The lowest BCUT2D eigenvalue weighted by atomic mass is 9.95. The maximum atomic E-state index is 13.5. The van der Waals surface area contributed by atoms with Crippen molar-refractivity contribution in [1.82, 2.24) is 9.78 Å². The van der Waals surface area contributed by atoms with Gasteiger partial charge in [-0.3, -0.25) is 14.3 Å². The number of hydrogen-bond acceptors (Lipinski definition) is 4. The Morgan fingerprint density at radius 2 is 1.94 bits per heavy atom. The lowest BCUT2D eigenvalue weighted by Gasteiger charge is -2.34. The molecule has 36 heavy (non-hydrogen) atoms. The fourth-order valence-corrected chi connectivity index (χ4v) is 4.67. The first-order valence-electron chi connectivity index (χ1n) is 11.5. The van der Waals surface area contributed by atoms with Crippen molar-refractivity contribution < 1.29 is 22.8 Å². The first-order chi connectivity index (χ1) is 17.1. The third-order valence-electron chi connectivity index (χ3n) is 6.84. The lowest BCUT2D eigenvalue weighted by molar-refractivity contribution is -0.186. The summed E-state index contributed by atoms with van der Waals surface area (Å²) >= 11 is 0. The number of hydrogen-bond donors (Lipinski definition) is 1. The Morgan fingerprint density at radius 1 is 1.22 bits per heavy atom. The zero-order valence-electron chi connectivity index (χ0n) is 19.3. The van der Waals surface area contributed by atoms with Crippen LogP contribution in [-0.2, 0) is 13.0 Å². The lowest BCUT2D eigenvalue weighted by Crippen LogP contribution is -2.47. The van der Waals surface area contributed by atoms with E-state index in [0.29, 0.717) is 29.0 Å². The summed E-state index contributed by atoms with van der Waals surface area (Å²) in [5.41, 5.74) is 0.480. The van der Waals surface area contributed by atoms with Crippen molar-refractivity contribution >= 4 is 23.2 Å². The van der Waals surface area contributed by atoms with E-state index in [4.69, 9.17) is 5.26 Å². The number of aromatic nitrogens is 2. The van der Waals surface area contributed by atoms with Crippen LogP contribution in [0.1, 0.15) is 51.7 Å². The van der Waals surface area contributed by atoms with Crippen molar-refractivity contribution in [3.05, 3.63) is 77.1 Å². The van der Waals surface area contributed by atoms with Gasteiger partial charge in [0.25, 0.3) is 11.8 Å². The number of nitrogens with zero attached hydrogens (tertiary/aromatic N) is 4. The number of halogens is 3. The molecule has 2 heterocycles. The molecule has 1 fully saturated rings. The van der Waals surface area contributed by atoms with Gasteiger partial charge in [-0.2, -0.15) is 23.5 Å². The highest BCUT2D eigenvalue weighted by Gasteiger charge is 2.62. The molecule has 0 saturated heterocycles. The number of carbonyl (C=O) groups excluding carboxylic acids is 2. The Bertz CT molecular complexity index is 1380. The van der Waals surface area contributed by atoms with Gasteiger partial charge < -0.3 is 10.2 Å². The first kappa shape index (κ1) is 23.6. The molecule has 7 nitrogen and oxygen atoms in total. The van der Waals surface area contributed by atoms with Crippen LogP contribution in [0.4, 0.5) is 24.5 Å². The Balaban J connectivity index is 1.38. The van der Waals surface area contributed by atoms with Crippen molar-refractivity contribution in [2.24, 2.45) is 5.41 Å². The van der Waals surface area contributed by atoms with Gasteiger partial charge in [0, 0.05) is 11.4 Å². The van der Waals surface area contributed by atoms with Crippen molar-refractivity contribution in [1.29, 1.82) is 5.26 Å². The molecule has 1 aliphatic carbocycles. The summed E-state index contributed by atoms with van der Waals surface area (Å²) in [5.74, 6) is -0.963. The molecule has 2 amide bonds. The molecule has 184 valence electrons. The maximum Gasteiger partial charge on any atom is 0.394 e. The third-order valence-corrected chi connectivity index (χ3v) is 6.84. The third kappa shape index (κ3) is 4.11. The Morgan fingerprint density at radius 3 is 2.58 bits per heavy atom. The van der Waals surface area contributed by atoms with Gasteiger partial charge in [0.2, 0.25) is 0 Å². The van der Waals surface area contributed by atoms with E-state index in [1.807, 2.05) is 13.0 Å². The topological polar surface area (TPSA) is 91.0 Å². The first-order valence-corrected chi connectivity index (χ1v) is 11.5. The average Bonchev–Trinajstić information content (AvgIpc) is 3.51. The van der Waals surface area contributed by atoms with Crippen LogP contribution in [0.25, 0.3) is 0 Å². The average molecular weight is 493 g/mol. The van der Waals surface area contributed by atoms with Crippen LogP contribution in [0.5, 0.6) is 0 Å². The van der Waals surface area contributed by atoms with Crippen LogP contribution >= 0.6 is 0 Å². The molecular weight excluding hydrogens is 471 g/mol. The van der Waals surface area contributed by atoms with E-state index < -0.39 is 23.4 Å². The normalized spacial score (nSPS) is 18.4. The van der Waals surface area contributed by atoms with E-state index in [-0.39, 0.29) is 36.6 Å². The van der Waals surface area contributed by atoms with Gasteiger partial charge in [-0.25, -0.2) is 0 Å². The van der Waals surface area contributed by atoms with E-state index >= 15 is 0 Å². The number of nitrogens with one attached hydrogen (secondary N) is 1. The molecule has 1 N–H and O–H groups in total. The van der Waals surface area contributed by atoms with Gasteiger partial charge in [0.05, 0.1) is 41.4 Å². The number of carbonyl (C=O) groups is 2.